The van der Waals surface area contributed by atoms with Gasteiger partial charge >= 0.3 is 17.9 Å². The molecule has 0 saturated carbocycles. The molecule has 374 valence electrons. The number of carboxylic acid groups (broad SMARTS) is 3. The van der Waals surface area contributed by atoms with E-state index >= 15 is 0 Å². The molecule has 17 N–H and O–H groups in total. The Morgan fingerprint density at radius 2 is 0.738 bits per heavy atom. The minimum atomic E-state index is -1.94. The van der Waals surface area contributed by atoms with Crippen LogP contribution in [0, 0.1) is 0 Å². The van der Waals surface area contributed by atoms with Gasteiger partial charge in [-0.15, -0.1) is 0 Å². The van der Waals surface area contributed by atoms with Crippen LogP contribution in [-0.2, 0) is 43.2 Å². The van der Waals surface area contributed by atoms with E-state index in [0.717, 1.165) is 0 Å². The van der Waals surface area contributed by atoms with E-state index in [1.165, 1.54) is 14.7 Å². The number of aliphatic carboxylic acids is 3. The highest BCUT2D eigenvalue weighted by atomic mass is 16.6. The molecule has 8 atom stereocenters. The zero-order chi connectivity index (χ0) is 49.5. The Kier molecular flexibility index (Phi) is 31.3. The molecule has 4 amide bonds. The number of nitrogens with one attached hydrogen (secondary N) is 4. The zero-order valence-corrected chi connectivity index (χ0v) is 35.0. The third kappa shape index (κ3) is 29.0. The molecule has 0 aromatic carbocycles. The summed E-state index contributed by atoms with van der Waals surface area (Å²) < 4.78 is 0. The molecule has 31 nitrogen and oxygen atoms in total. The Bertz CT molecular complexity index is 1410. The Hall–Kier alpha value is -5.29. The number of carbonyl (C=O) groups excluding carboxylic acids is 4. The maximum atomic E-state index is 12.6. The van der Waals surface area contributed by atoms with Crippen molar-refractivity contribution in [1.29, 1.82) is 0 Å². The summed E-state index contributed by atoms with van der Waals surface area (Å²) in [7, 11) is 0. The Morgan fingerprint density at radius 3 is 1.05 bits per heavy atom. The molecule has 0 aliphatic heterocycles. The SMILES string of the molecule is O=C(O)CN(CCN(CC(=O)O)CC(=O)NCCNC(=O)CO/N=C/C(O)[C@@H](O)[C@@H](O)C(O)CO)CCN(CC(=O)O)CC(=O)NCCNC(=O)CO/N=C/C(O)[C@@H](O)[C@@H](O)C(O)CO. The number of hydrogen-bond donors (Lipinski definition) is 17. The van der Waals surface area contributed by atoms with Gasteiger partial charge in [0, 0.05) is 52.4 Å². The van der Waals surface area contributed by atoms with Gasteiger partial charge in [0.2, 0.25) is 11.8 Å². The largest absolute Gasteiger partial charge is 0.480 e. The van der Waals surface area contributed by atoms with Crippen LogP contribution in [0.3, 0.4) is 0 Å². The van der Waals surface area contributed by atoms with Crippen molar-refractivity contribution in [2.45, 2.75) is 48.8 Å². The Morgan fingerprint density at radius 1 is 0.446 bits per heavy atom. The maximum Gasteiger partial charge on any atom is 0.317 e. The van der Waals surface area contributed by atoms with Crippen molar-refractivity contribution in [3.63, 3.8) is 0 Å². The first-order valence-electron chi connectivity index (χ1n) is 19.5. The molecule has 0 fully saturated rings. The first kappa shape index (κ1) is 59.7. The highest BCUT2D eigenvalue weighted by Crippen LogP contribution is 2.05. The molecule has 65 heavy (non-hydrogen) atoms. The number of nitrogens with zero attached hydrogens (tertiary/aromatic N) is 5. The Balaban J connectivity index is 4.90. The van der Waals surface area contributed by atoms with Crippen LogP contribution in [-0.4, -0.2) is 295 Å². The van der Waals surface area contributed by atoms with Crippen molar-refractivity contribution in [2.24, 2.45) is 10.3 Å². The van der Waals surface area contributed by atoms with E-state index in [4.69, 9.17) is 10.2 Å². The number of aliphatic hydroxyl groups is 10. The highest BCUT2D eigenvalue weighted by Gasteiger charge is 2.30. The molecule has 0 heterocycles. The second-order valence-corrected chi connectivity index (χ2v) is 13.8. The number of aliphatic hydroxyl groups excluding tert-OH is 10. The molecule has 4 unspecified atom stereocenters. The van der Waals surface area contributed by atoms with Crippen LogP contribution in [0.5, 0.6) is 0 Å². The second-order valence-electron chi connectivity index (χ2n) is 13.8. The molecule has 0 aromatic rings. The van der Waals surface area contributed by atoms with Crippen molar-refractivity contribution in [1.82, 2.24) is 36.0 Å². The van der Waals surface area contributed by atoms with Crippen LogP contribution in [0.1, 0.15) is 0 Å². The molecule has 0 bridgehead atoms. The van der Waals surface area contributed by atoms with Crippen LogP contribution < -0.4 is 21.3 Å². The van der Waals surface area contributed by atoms with Gasteiger partial charge < -0.3 is 97.3 Å². The average molecular weight is 948 g/mol. The highest BCUT2D eigenvalue weighted by molar-refractivity contribution is 5.80. The molecule has 31 heteroatoms. The lowest BCUT2D eigenvalue weighted by atomic mass is 10.0. The van der Waals surface area contributed by atoms with Crippen LogP contribution in [0.25, 0.3) is 0 Å². The standard InChI is InChI=1S/C34H61N9O22/c44-16-22(48)33(62)31(60)20(46)9-39-64-18-26(52)37-3-1-35-24(50)11-42(14-29(56)57)7-5-41(13-28(54)55)6-8-43(15-30(58)59)12-25(51)36-2-4-38-27(53)19-65-40-10-21(47)32(61)34(63)23(49)17-45/h9-10,20-23,31-34,44-49,60-63H,1-8,11-19H2,(H,35,50)(H,36,51)(H,37,52)(H,38,53)(H,54,55)(H,56,57)(H,58,59)/b39-9+,40-10+/t20?,21?,22?,23?,31-,32-,33+,34+/m1/s1. The molecule has 0 spiro atoms. The fourth-order valence-corrected chi connectivity index (χ4v) is 4.92. The van der Waals surface area contributed by atoms with Crippen molar-refractivity contribution in [3.05, 3.63) is 0 Å². The minimum Gasteiger partial charge on any atom is -0.480 e. The van der Waals surface area contributed by atoms with E-state index in [9.17, 15) is 89.7 Å². The molecule has 0 aromatic heterocycles. The molecule has 0 rings (SSSR count). The predicted molar refractivity (Wildman–Crippen MR) is 215 cm³/mol. The molecule has 0 aliphatic rings. The van der Waals surface area contributed by atoms with E-state index in [2.05, 4.69) is 41.3 Å². The van der Waals surface area contributed by atoms with E-state index in [1.807, 2.05) is 0 Å². The summed E-state index contributed by atoms with van der Waals surface area (Å²) in [6, 6.07) is 0. The fraction of sp³-hybridized carbons (Fsp3) is 0.735. The number of carbonyl (C=O) groups is 7. The van der Waals surface area contributed by atoms with Crippen LogP contribution in [0.4, 0.5) is 0 Å². The lowest BCUT2D eigenvalue weighted by Crippen LogP contribution is -2.48. The third-order valence-corrected chi connectivity index (χ3v) is 8.34. The van der Waals surface area contributed by atoms with Crippen molar-refractivity contribution >= 4 is 54.0 Å². The first-order valence-corrected chi connectivity index (χ1v) is 19.5. The number of amides is 4. The van der Waals surface area contributed by atoms with Crippen LogP contribution in [0.15, 0.2) is 10.3 Å². The summed E-state index contributed by atoms with van der Waals surface area (Å²) in [5, 5.41) is 138. The van der Waals surface area contributed by atoms with E-state index in [0.29, 0.717) is 12.4 Å². The summed E-state index contributed by atoms with van der Waals surface area (Å²) >= 11 is 0. The first-order chi connectivity index (χ1) is 30.6. The lowest BCUT2D eigenvalue weighted by molar-refractivity contribution is -0.141. The number of hydrogen-bond acceptors (Lipinski definition) is 24. The minimum absolute atomic E-state index is 0.116. The molecular formula is C34H61N9O22. The van der Waals surface area contributed by atoms with Gasteiger partial charge in [0.15, 0.2) is 13.2 Å². The van der Waals surface area contributed by atoms with E-state index in [1.54, 1.807) is 0 Å². The van der Waals surface area contributed by atoms with Crippen LogP contribution in [0.2, 0.25) is 0 Å². The fourth-order valence-electron chi connectivity index (χ4n) is 4.92. The van der Waals surface area contributed by atoms with Crippen molar-refractivity contribution < 1.29 is 110 Å². The predicted octanol–water partition coefficient (Wildman–Crippen LogP) is -11.5. The zero-order valence-electron chi connectivity index (χ0n) is 35.0. The van der Waals surface area contributed by atoms with Gasteiger partial charge in [0.25, 0.3) is 11.8 Å². The number of oxime groups is 2. The van der Waals surface area contributed by atoms with E-state index < -0.39 is 150 Å². The summed E-state index contributed by atoms with van der Waals surface area (Å²) in [6.07, 6.45) is -13.6. The monoisotopic (exact) mass is 947 g/mol. The lowest BCUT2D eigenvalue weighted by Gasteiger charge is -2.28. The quantitative estimate of drug-likeness (QED) is 0.0155. The molecule has 0 radical (unpaired) electrons. The van der Waals surface area contributed by atoms with Gasteiger partial charge in [0.1, 0.15) is 48.8 Å². The van der Waals surface area contributed by atoms with Gasteiger partial charge in [-0.1, -0.05) is 10.3 Å². The van der Waals surface area contributed by atoms with Crippen molar-refractivity contribution in [2.75, 3.05) is 112 Å². The summed E-state index contributed by atoms with van der Waals surface area (Å²) in [5.74, 6) is -6.72. The topological polar surface area (TPSA) is 484 Å². The molecule has 0 saturated heterocycles. The van der Waals surface area contributed by atoms with Crippen LogP contribution >= 0.6 is 0 Å². The molecular weight excluding hydrogens is 886 g/mol. The summed E-state index contributed by atoms with van der Waals surface area (Å²) in [4.78, 5) is 96.6. The second kappa shape index (κ2) is 34.1. The maximum absolute atomic E-state index is 12.6. The van der Waals surface area contributed by atoms with E-state index in [-0.39, 0.29) is 52.4 Å². The van der Waals surface area contributed by atoms with Gasteiger partial charge in [-0.2, -0.15) is 0 Å². The Labute approximate surface area is 370 Å². The van der Waals surface area contributed by atoms with Gasteiger partial charge in [-0.3, -0.25) is 48.3 Å². The summed E-state index contributed by atoms with van der Waals surface area (Å²) in [6.45, 7) is -6.96. The van der Waals surface area contributed by atoms with Gasteiger partial charge in [0.05, 0.1) is 58.4 Å². The third-order valence-electron chi connectivity index (χ3n) is 8.34. The summed E-state index contributed by atoms with van der Waals surface area (Å²) in [5.41, 5.74) is 0. The average Bonchev–Trinajstić information content (AvgIpc) is 3.25. The van der Waals surface area contributed by atoms with Crippen molar-refractivity contribution in [3.8, 4) is 0 Å². The van der Waals surface area contributed by atoms with Gasteiger partial charge in [-0.05, 0) is 0 Å². The normalized spacial score (nSPS) is 15.5. The number of carboxylic acids is 3. The van der Waals surface area contributed by atoms with Gasteiger partial charge in [-0.25, -0.2) is 0 Å². The molecule has 0 aliphatic carbocycles. The number of rotatable bonds is 38. The smallest absolute Gasteiger partial charge is 0.317 e.